The van der Waals surface area contributed by atoms with E-state index in [2.05, 4.69) is 69.8 Å². The van der Waals surface area contributed by atoms with Gasteiger partial charge in [-0.15, -0.1) is 0 Å². The Labute approximate surface area is 343 Å². The Hall–Kier alpha value is -4.23. The van der Waals surface area contributed by atoms with Gasteiger partial charge >= 0.3 is 6.09 Å². The van der Waals surface area contributed by atoms with Gasteiger partial charge in [0.1, 0.15) is 17.7 Å². The Morgan fingerprint density at radius 2 is 1.31 bits per heavy atom. The number of nitrogens with one attached hydrogen (secondary N) is 4. The van der Waals surface area contributed by atoms with E-state index in [4.69, 9.17) is 19.4 Å². The molecular weight excluding hydrogens is 733 g/mol. The highest BCUT2D eigenvalue weighted by Crippen LogP contribution is 2.58. The minimum Gasteiger partial charge on any atom is -0.453 e. The average Bonchev–Trinajstić information content (AvgIpc) is 4.09. The highest BCUT2D eigenvalue weighted by atomic mass is 16.5. The second-order valence-electron chi connectivity index (χ2n) is 18.5. The smallest absolute Gasteiger partial charge is 0.407 e. The van der Waals surface area contributed by atoms with E-state index >= 15 is 0 Å². The van der Waals surface area contributed by atoms with Gasteiger partial charge in [0, 0.05) is 49.7 Å². The van der Waals surface area contributed by atoms with Gasteiger partial charge in [0.05, 0.1) is 37.1 Å². The van der Waals surface area contributed by atoms with Gasteiger partial charge in [0.15, 0.2) is 0 Å². The third kappa shape index (κ3) is 7.80. The zero-order valence-electron chi connectivity index (χ0n) is 35.1. The summed E-state index contributed by atoms with van der Waals surface area (Å²) in [6, 6.07) is 8.34. The molecule has 0 radical (unpaired) electrons. The van der Waals surface area contributed by atoms with E-state index in [1.54, 1.807) is 0 Å². The third-order valence-electron chi connectivity index (χ3n) is 14.5. The number of ether oxygens (including phenoxy) is 2. The standard InChI is InChI=1S/C45H64N8O5/c1-28(2)37(48-32-14-24-58-25-15-32)41(54)53-23-7-9-35(53)40-47-27-36(50-40)45-19-16-44(17-20-45,18-21-45)31-12-10-30(11-13-31)33-26-46-39(49-33)34-8-6-22-52(34)42(55)38(29(3)4)51-43(56)57-5/h10-13,26-29,32,34-35,37-38,48H,6-9,14-25H2,1-5H3,(H,46,49)(H,47,50)(H,51,56)/t34-,35-,37+,38-,44?,45?/m0/s1. The van der Waals surface area contributed by atoms with Crippen LogP contribution in [0.4, 0.5) is 4.79 Å². The van der Waals surface area contributed by atoms with Crippen LogP contribution in [0.1, 0.15) is 140 Å². The van der Waals surface area contributed by atoms with Crippen molar-refractivity contribution in [3.63, 3.8) is 0 Å². The van der Waals surface area contributed by atoms with E-state index in [0.29, 0.717) is 12.6 Å². The molecule has 3 aliphatic heterocycles. The van der Waals surface area contributed by atoms with Crippen LogP contribution in [-0.2, 0) is 29.9 Å². The van der Waals surface area contributed by atoms with Crippen molar-refractivity contribution < 1.29 is 23.9 Å². The minimum atomic E-state index is -0.663. The number of imidazole rings is 2. The predicted octanol–water partition coefficient (Wildman–Crippen LogP) is 6.84. The summed E-state index contributed by atoms with van der Waals surface area (Å²) in [5.74, 6) is 1.95. The van der Waals surface area contributed by atoms with Gasteiger partial charge < -0.3 is 39.9 Å². The van der Waals surface area contributed by atoms with Crippen LogP contribution in [0.25, 0.3) is 11.3 Å². The highest BCUT2D eigenvalue weighted by molar-refractivity contribution is 5.86. The summed E-state index contributed by atoms with van der Waals surface area (Å²) in [7, 11) is 1.31. The molecule has 13 heteroatoms. The van der Waals surface area contributed by atoms with Crippen LogP contribution in [0.2, 0.25) is 0 Å². The first kappa shape index (κ1) is 40.5. The number of carbonyl (C=O) groups is 3. The van der Waals surface area contributed by atoms with Gasteiger partial charge in [-0.05, 0) is 105 Å². The number of amides is 3. The van der Waals surface area contributed by atoms with Gasteiger partial charge in [-0.2, -0.15) is 0 Å². The lowest BCUT2D eigenvalue weighted by Gasteiger charge is -2.53. The molecule has 58 heavy (non-hydrogen) atoms. The first-order valence-corrected chi connectivity index (χ1v) is 22.0. The van der Waals surface area contributed by atoms with Crippen molar-refractivity contribution in [1.29, 1.82) is 0 Å². The molecule has 3 aliphatic carbocycles. The maximum Gasteiger partial charge on any atom is 0.407 e. The number of alkyl carbamates (subject to hydrolysis) is 1. The lowest BCUT2D eigenvalue weighted by atomic mass is 9.51. The molecule has 9 rings (SSSR count). The van der Waals surface area contributed by atoms with Crippen LogP contribution in [0.5, 0.6) is 0 Å². The minimum absolute atomic E-state index is 0.00159. The summed E-state index contributed by atoms with van der Waals surface area (Å²) in [5, 5.41) is 6.43. The average molecular weight is 797 g/mol. The van der Waals surface area contributed by atoms with Crippen molar-refractivity contribution in [2.24, 2.45) is 11.8 Å². The molecule has 2 bridgehead atoms. The maximum absolute atomic E-state index is 14.1. The number of aromatic amines is 2. The van der Waals surface area contributed by atoms with Gasteiger partial charge in [-0.3, -0.25) is 9.59 Å². The summed E-state index contributed by atoms with van der Waals surface area (Å²) in [4.78, 5) is 60.7. The summed E-state index contributed by atoms with van der Waals surface area (Å²) in [5.41, 5.74) is 4.96. The fourth-order valence-corrected chi connectivity index (χ4v) is 10.8. The Kier molecular flexibility index (Phi) is 11.7. The molecule has 314 valence electrons. The first-order chi connectivity index (χ1) is 28.0. The van der Waals surface area contributed by atoms with Gasteiger partial charge in [0.2, 0.25) is 11.8 Å². The van der Waals surface area contributed by atoms with Crippen molar-refractivity contribution in [3.8, 4) is 11.3 Å². The molecule has 5 heterocycles. The van der Waals surface area contributed by atoms with E-state index < -0.39 is 12.1 Å². The number of aromatic nitrogens is 4. The second kappa shape index (κ2) is 16.8. The van der Waals surface area contributed by atoms with Crippen molar-refractivity contribution in [1.82, 2.24) is 40.4 Å². The highest BCUT2D eigenvalue weighted by Gasteiger charge is 2.51. The molecule has 4 atom stereocenters. The molecule has 13 nitrogen and oxygen atoms in total. The summed E-state index contributed by atoms with van der Waals surface area (Å²) in [6.45, 7) is 11.1. The summed E-state index contributed by atoms with van der Waals surface area (Å²) < 4.78 is 10.4. The molecule has 6 fully saturated rings. The molecule has 6 aliphatic rings. The fourth-order valence-electron chi connectivity index (χ4n) is 10.8. The Morgan fingerprint density at radius 3 is 1.90 bits per heavy atom. The number of hydrogen-bond donors (Lipinski definition) is 4. The fraction of sp³-hybridized carbons (Fsp3) is 0.667. The Morgan fingerprint density at radius 1 is 0.759 bits per heavy atom. The van der Waals surface area contributed by atoms with E-state index in [1.807, 2.05) is 24.9 Å². The van der Waals surface area contributed by atoms with Crippen molar-refractivity contribution >= 4 is 17.9 Å². The Bertz CT molecular complexity index is 1890. The topological polar surface area (TPSA) is 158 Å². The summed E-state index contributed by atoms with van der Waals surface area (Å²) in [6.07, 6.45) is 15.7. The number of carbonyl (C=O) groups excluding carboxylic acids is 3. The van der Waals surface area contributed by atoms with Crippen molar-refractivity contribution in [2.45, 2.75) is 146 Å². The zero-order chi connectivity index (χ0) is 40.6. The van der Waals surface area contributed by atoms with Crippen LogP contribution in [0.3, 0.4) is 0 Å². The predicted molar refractivity (Wildman–Crippen MR) is 221 cm³/mol. The lowest BCUT2D eigenvalue weighted by Crippen LogP contribution is -2.53. The number of hydrogen-bond acceptors (Lipinski definition) is 8. The van der Waals surface area contributed by atoms with Crippen LogP contribution in [0.15, 0.2) is 36.7 Å². The SMILES string of the molecule is COC(=O)N[C@H](C(=O)N1CCC[C@H]1c1ncc(-c2ccc(C34CCC(c5cnc([C@@H]6CCCN6C(=O)[C@H](NC6CCOCC6)C(C)C)[nH]5)(CC3)CC4)cc2)[nH]1)C(C)C. The number of methoxy groups -OCH3 is 1. The summed E-state index contributed by atoms with van der Waals surface area (Å²) >= 11 is 0. The molecule has 0 spiro atoms. The lowest BCUT2D eigenvalue weighted by molar-refractivity contribution is -0.136. The largest absolute Gasteiger partial charge is 0.453 e. The molecule has 3 saturated heterocycles. The van der Waals surface area contributed by atoms with Crippen molar-refractivity contribution in [2.75, 3.05) is 33.4 Å². The zero-order valence-corrected chi connectivity index (χ0v) is 35.1. The van der Waals surface area contributed by atoms with E-state index in [1.165, 1.54) is 18.4 Å². The molecule has 2 aromatic heterocycles. The number of likely N-dealkylation sites (tertiary alicyclic amines) is 2. The van der Waals surface area contributed by atoms with Crippen LogP contribution in [0, 0.1) is 11.8 Å². The second-order valence-corrected chi connectivity index (χ2v) is 18.5. The molecule has 3 amide bonds. The van der Waals surface area contributed by atoms with E-state index in [-0.39, 0.29) is 52.6 Å². The van der Waals surface area contributed by atoms with E-state index in [9.17, 15) is 14.4 Å². The Balaban J connectivity index is 0.901. The molecule has 3 aromatic rings. The monoisotopic (exact) mass is 796 g/mol. The normalized spacial score (nSPS) is 27.4. The molecule has 4 N–H and O–H groups in total. The first-order valence-electron chi connectivity index (χ1n) is 22.0. The van der Waals surface area contributed by atoms with Crippen molar-refractivity contribution in [3.05, 3.63) is 59.6 Å². The quantitative estimate of drug-likeness (QED) is 0.155. The molecule has 1 aromatic carbocycles. The van der Waals surface area contributed by atoms with Gasteiger partial charge in [-0.1, -0.05) is 52.0 Å². The number of benzene rings is 1. The molecule has 3 saturated carbocycles. The third-order valence-corrected chi connectivity index (χ3v) is 14.5. The number of nitrogens with zero attached hydrogens (tertiary/aromatic N) is 4. The maximum atomic E-state index is 14.1. The molecular formula is C45H64N8O5. The van der Waals surface area contributed by atoms with Crippen LogP contribution < -0.4 is 10.6 Å². The number of rotatable bonds is 12. The van der Waals surface area contributed by atoms with Gasteiger partial charge in [0.25, 0.3) is 0 Å². The van der Waals surface area contributed by atoms with Gasteiger partial charge in [-0.25, -0.2) is 14.8 Å². The van der Waals surface area contributed by atoms with E-state index in [0.717, 1.165) is 120 Å². The number of H-pyrrole nitrogens is 2. The van der Waals surface area contributed by atoms with Crippen LogP contribution in [-0.4, -0.2) is 99.2 Å². The molecule has 0 unspecified atom stereocenters. The number of fused-ring (bicyclic) bond motifs is 3. The van der Waals surface area contributed by atoms with Crippen LogP contribution >= 0.6 is 0 Å².